The number of ether oxygens (including phenoxy) is 1. The van der Waals surface area contributed by atoms with Gasteiger partial charge in [0.2, 0.25) is 0 Å². The van der Waals surface area contributed by atoms with Crippen LogP contribution in [0.25, 0.3) is 0 Å². The van der Waals surface area contributed by atoms with E-state index >= 15 is 0 Å². The SMILES string of the molecule is NC(=O)OCCNc1ccccc1. The molecule has 13 heavy (non-hydrogen) atoms. The van der Waals surface area contributed by atoms with Crippen molar-refractivity contribution in [3.8, 4) is 0 Å². The van der Waals surface area contributed by atoms with Crippen molar-refractivity contribution in [3.63, 3.8) is 0 Å². The maximum atomic E-state index is 10.2. The summed E-state index contributed by atoms with van der Waals surface area (Å²) in [6, 6.07) is 9.66. The fourth-order valence-corrected chi connectivity index (χ4v) is 0.903. The topological polar surface area (TPSA) is 64.4 Å². The fourth-order valence-electron chi connectivity index (χ4n) is 0.903. The number of hydrogen-bond acceptors (Lipinski definition) is 3. The van der Waals surface area contributed by atoms with E-state index in [2.05, 4.69) is 10.1 Å². The Bertz CT molecular complexity index is 262. The maximum Gasteiger partial charge on any atom is 0.404 e. The Kier molecular flexibility index (Phi) is 3.63. The predicted molar refractivity (Wildman–Crippen MR) is 50.5 cm³/mol. The zero-order valence-electron chi connectivity index (χ0n) is 7.19. The number of carbonyl (C=O) groups is 1. The van der Waals surface area contributed by atoms with Crippen LogP contribution in [0.3, 0.4) is 0 Å². The van der Waals surface area contributed by atoms with Crippen LogP contribution in [0, 0.1) is 0 Å². The molecule has 0 fully saturated rings. The van der Waals surface area contributed by atoms with Crippen LogP contribution in [-0.2, 0) is 4.74 Å². The van der Waals surface area contributed by atoms with Crippen molar-refractivity contribution >= 4 is 11.8 Å². The molecular formula is C9H12N2O2. The number of carbonyl (C=O) groups excluding carboxylic acids is 1. The lowest BCUT2D eigenvalue weighted by atomic mass is 10.3. The molecule has 0 aromatic heterocycles. The van der Waals surface area contributed by atoms with Gasteiger partial charge in [-0.25, -0.2) is 4.79 Å². The van der Waals surface area contributed by atoms with Gasteiger partial charge in [0.05, 0.1) is 0 Å². The van der Waals surface area contributed by atoms with Crippen LogP contribution >= 0.6 is 0 Å². The first-order chi connectivity index (χ1) is 6.29. The quantitative estimate of drug-likeness (QED) is 0.684. The summed E-state index contributed by atoms with van der Waals surface area (Å²) >= 11 is 0. The van der Waals surface area contributed by atoms with Gasteiger partial charge in [0.25, 0.3) is 0 Å². The molecule has 0 saturated carbocycles. The van der Waals surface area contributed by atoms with Gasteiger partial charge in [-0.15, -0.1) is 0 Å². The van der Waals surface area contributed by atoms with Crippen molar-refractivity contribution in [2.75, 3.05) is 18.5 Å². The minimum absolute atomic E-state index is 0.282. The smallest absolute Gasteiger partial charge is 0.404 e. The molecule has 0 aliphatic carbocycles. The Morgan fingerprint density at radius 1 is 1.38 bits per heavy atom. The summed E-state index contributed by atoms with van der Waals surface area (Å²) in [4.78, 5) is 10.2. The molecule has 0 heterocycles. The van der Waals surface area contributed by atoms with E-state index in [9.17, 15) is 4.79 Å². The maximum absolute atomic E-state index is 10.2. The van der Waals surface area contributed by atoms with Crippen LogP contribution in [-0.4, -0.2) is 19.2 Å². The number of anilines is 1. The highest BCUT2D eigenvalue weighted by molar-refractivity contribution is 5.64. The minimum Gasteiger partial charge on any atom is -0.448 e. The Balaban J connectivity index is 2.17. The van der Waals surface area contributed by atoms with Gasteiger partial charge < -0.3 is 15.8 Å². The van der Waals surface area contributed by atoms with Crippen molar-refractivity contribution < 1.29 is 9.53 Å². The lowest BCUT2D eigenvalue weighted by Crippen LogP contribution is -2.18. The number of nitrogens with two attached hydrogens (primary N) is 1. The Morgan fingerprint density at radius 3 is 2.69 bits per heavy atom. The molecule has 3 N–H and O–H groups in total. The third-order valence-corrected chi connectivity index (χ3v) is 1.45. The highest BCUT2D eigenvalue weighted by Gasteiger charge is 1.92. The fraction of sp³-hybridized carbons (Fsp3) is 0.222. The molecular weight excluding hydrogens is 168 g/mol. The van der Waals surface area contributed by atoms with Gasteiger partial charge in [-0.2, -0.15) is 0 Å². The van der Waals surface area contributed by atoms with Crippen molar-refractivity contribution in [2.24, 2.45) is 5.73 Å². The standard InChI is InChI=1S/C9H12N2O2/c10-9(12)13-7-6-11-8-4-2-1-3-5-8/h1-5,11H,6-7H2,(H2,10,12). The second-order valence-corrected chi connectivity index (χ2v) is 2.46. The summed E-state index contributed by atoms with van der Waals surface area (Å²) in [7, 11) is 0. The Morgan fingerprint density at radius 2 is 2.08 bits per heavy atom. The molecule has 1 rings (SSSR count). The summed E-state index contributed by atoms with van der Waals surface area (Å²) in [5.41, 5.74) is 5.78. The zero-order chi connectivity index (χ0) is 9.52. The van der Waals surface area contributed by atoms with Gasteiger partial charge in [-0.05, 0) is 12.1 Å². The van der Waals surface area contributed by atoms with E-state index in [1.807, 2.05) is 30.3 Å². The Labute approximate surface area is 76.7 Å². The van der Waals surface area contributed by atoms with Gasteiger partial charge in [0, 0.05) is 12.2 Å². The lowest BCUT2D eigenvalue weighted by molar-refractivity contribution is 0.161. The van der Waals surface area contributed by atoms with Crippen LogP contribution in [0.4, 0.5) is 10.5 Å². The molecule has 0 radical (unpaired) electrons. The van der Waals surface area contributed by atoms with E-state index in [1.54, 1.807) is 0 Å². The molecule has 0 unspecified atom stereocenters. The molecule has 0 bridgehead atoms. The first-order valence-electron chi connectivity index (χ1n) is 4.00. The number of para-hydroxylation sites is 1. The van der Waals surface area contributed by atoms with Gasteiger partial charge in [-0.3, -0.25) is 0 Å². The van der Waals surface area contributed by atoms with Gasteiger partial charge >= 0.3 is 6.09 Å². The van der Waals surface area contributed by atoms with E-state index in [4.69, 9.17) is 5.73 Å². The van der Waals surface area contributed by atoms with Crippen LogP contribution < -0.4 is 11.1 Å². The summed E-state index contributed by atoms with van der Waals surface area (Å²) in [6.45, 7) is 0.844. The third kappa shape index (κ3) is 4.00. The zero-order valence-corrected chi connectivity index (χ0v) is 7.19. The number of amides is 1. The average molecular weight is 180 g/mol. The van der Waals surface area contributed by atoms with Crippen LogP contribution in [0.2, 0.25) is 0 Å². The van der Waals surface area contributed by atoms with E-state index < -0.39 is 6.09 Å². The van der Waals surface area contributed by atoms with Crippen molar-refractivity contribution in [3.05, 3.63) is 30.3 Å². The van der Waals surface area contributed by atoms with E-state index in [1.165, 1.54) is 0 Å². The van der Waals surface area contributed by atoms with Crippen molar-refractivity contribution in [1.82, 2.24) is 0 Å². The highest BCUT2D eigenvalue weighted by Crippen LogP contribution is 2.03. The van der Waals surface area contributed by atoms with E-state index in [0.717, 1.165) is 5.69 Å². The third-order valence-electron chi connectivity index (χ3n) is 1.45. The Hall–Kier alpha value is -1.71. The second kappa shape index (κ2) is 5.03. The molecule has 70 valence electrons. The normalized spacial score (nSPS) is 9.23. The molecule has 0 spiro atoms. The van der Waals surface area contributed by atoms with Crippen molar-refractivity contribution in [2.45, 2.75) is 0 Å². The molecule has 0 aliphatic rings. The van der Waals surface area contributed by atoms with Crippen LogP contribution in [0.5, 0.6) is 0 Å². The van der Waals surface area contributed by atoms with E-state index in [-0.39, 0.29) is 6.61 Å². The lowest BCUT2D eigenvalue weighted by Gasteiger charge is -2.05. The molecule has 1 aromatic rings. The molecule has 4 heteroatoms. The van der Waals surface area contributed by atoms with Gasteiger partial charge in [0.1, 0.15) is 6.61 Å². The monoisotopic (exact) mass is 180 g/mol. The number of rotatable bonds is 4. The molecule has 0 saturated heterocycles. The molecule has 0 aliphatic heterocycles. The van der Waals surface area contributed by atoms with E-state index in [0.29, 0.717) is 6.54 Å². The minimum atomic E-state index is -0.741. The largest absolute Gasteiger partial charge is 0.448 e. The number of nitrogens with one attached hydrogen (secondary N) is 1. The van der Waals surface area contributed by atoms with Gasteiger partial charge in [0.15, 0.2) is 0 Å². The first kappa shape index (κ1) is 9.38. The molecule has 0 atom stereocenters. The summed E-state index contributed by atoms with van der Waals surface area (Å²) in [6.07, 6.45) is -0.741. The average Bonchev–Trinajstić information content (AvgIpc) is 2.14. The van der Waals surface area contributed by atoms with Crippen molar-refractivity contribution in [1.29, 1.82) is 0 Å². The summed E-state index contributed by atoms with van der Waals surface area (Å²) in [5, 5.41) is 3.07. The molecule has 1 amide bonds. The predicted octanol–water partition coefficient (Wildman–Crippen LogP) is 1.19. The highest BCUT2D eigenvalue weighted by atomic mass is 16.5. The van der Waals surface area contributed by atoms with Crippen LogP contribution in [0.15, 0.2) is 30.3 Å². The number of primary amides is 1. The molecule has 1 aromatic carbocycles. The number of hydrogen-bond donors (Lipinski definition) is 2. The second-order valence-electron chi connectivity index (χ2n) is 2.46. The molecule has 4 nitrogen and oxygen atoms in total. The summed E-state index contributed by atoms with van der Waals surface area (Å²) in [5.74, 6) is 0. The summed E-state index contributed by atoms with van der Waals surface area (Å²) < 4.78 is 4.54. The van der Waals surface area contributed by atoms with Crippen LogP contribution in [0.1, 0.15) is 0 Å². The first-order valence-corrected chi connectivity index (χ1v) is 4.00. The van der Waals surface area contributed by atoms with Gasteiger partial charge in [-0.1, -0.05) is 18.2 Å². The number of benzene rings is 1.